The highest BCUT2D eigenvalue weighted by Crippen LogP contribution is 2.26. The highest BCUT2D eigenvalue weighted by atomic mass is 32.2. The van der Waals surface area contributed by atoms with Crippen molar-refractivity contribution in [3.05, 3.63) is 42.1 Å². The fraction of sp³-hybridized carbons (Fsp3) is 0.250. The Hall–Kier alpha value is -2.61. The first-order chi connectivity index (χ1) is 11.5. The van der Waals surface area contributed by atoms with Crippen molar-refractivity contribution in [3.8, 4) is 0 Å². The fourth-order valence-electron chi connectivity index (χ4n) is 2.40. The van der Waals surface area contributed by atoms with Crippen LogP contribution in [0.5, 0.6) is 0 Å². The molecule has 0 atom stereocenters. The smallest absolute Gasteiger partial charge is 0.263 e. The normalized spacial score (nSPS) is 13.3. The second kappa shape index (κ2) is 6.48. The predicted octanol–water partition coefficient (Wildman–Crippen LogP) is 2.20. The quantitative estimate of drug-likeness (QED) is 0.744. The van der Waals surface area contributed by atoms with Crippen LogP contribution in [0, 0.1) is 0 Å². The van der Waals surface area contributed by atoms with Crippen LogP contribution in [0.1, 0.15) is 18.9 Å². The van der Waals surface area contributed by atoms with Gasteiger partial charge in [0, 0.05) is 12.2 Å². The van der Waals surface area contributed by atoms with E-state index in [1.54, 1.807) is 24.4 Å². The first-order valence-corrected chi connectivity index (χ1v) is 9.12. The largest absolute Gasteiger partial charge is 0.384 e. The number of aromatic nitrogens is 1. The van der Waals surface area contributed by atoms with Crippen molar-refractivity contribution in [1.82, 2.24) is 4.98 Å². The lowest BCUT2D eigenvalue weighted by Crippen LogP contribution is -2.14. The van der Waals surface area contributed by atoms with Crippen LogP contribution in [-0.4, -0.2) is 25.9 Å². The number of carbonyl (C=O) groups is 1. The zero-order valence-corrected chi connectivity index (χ0v) is 14.0. The first kappa shape index (κ1) is 16.3. The third-order valence-electron chi connectivity index (χ3n) is 3.59. The van der Waals surface area contributed by atoms with Gasteiger partial charge in [0.05, 0.1) is 23.2 Å². The van der Waals surface area contributed by atoms with Gasteiger partial charge < -0.3 is 10.6 Å². The third kappa shape index (κ3) is 3.48. The maximum Gasteiger partial charge on any atom is 0.263 e. The van der Waals surface area contributed by atoms with E-state index in [2.05, 4.69) is 27.3 Å². The first-order valence-electron chi connectivity index (χ1n) is 7.63. The highest BCUT2D eigenvalue weighted by Gasteiger charge is 2.22. The van der Waals surface area contributed by atoms with Crippen LogP contribution in [0.3, 0.4) is 0 Å². The molecule has 126 valence electrons. The summed E-state index contributed by atoms with van der Waals surface area (Å²) in [5.41, 5.74) is 2.17. The number of rotatable bonds is 6. The summed E-state index contributed by atoms with van der Waals surface area (Å²) in [6, 6.07) is 7.94. The minimum Gasteiger partial charge on any atom is -0.384 e. The number of hydrogen-bond donors (Lipinski definition) is 3. The van der Waals surface area contributed by atoms with E-state index >= 15 is 0 Å². The van der Waals surface area contributed by atoms with Gasteiger partial charge in [0.25, 0.3) is 10.0 Å². The fourth-order valence-corrected chi connectivity index (χ4v) is 3.46. The molecule has 24 heavy (non-hydrogen) atoms. The summed E-state index contributed by atoms with van der Waals surface area (Å²) in [5.74, 6) is 0.107. The van der Waals surface area contributed by atoms with E-state index in [0.29, 0.717) is 11.3 Å². The molecule has 2 aromatic rings. The van der Waals surface area contributed by atoms with Gasteiger partial charge in [-0.2, -0.15) is 0 Å². The molecule has 1 aliphatic heterocycles. The maximum atomic E-state index is 12.5. The molecular formula is C16H18N4O3S. The van der Waals surface area contributed by atoms with Gasteiger partial charge in [-0.25, -0.2) is 13.4 Å². The molecule has 0 unspecified atom stereocenters. The molecule has 0 bridgehead atoms. The van der Waals surface area contributed by atoms with Crippen molar-refractivity contribution in [2.45, 2.75) is 24.7 Å². The minimum atomic E-state index is -3.75. The van der Waals surface area contributed by atoms with E-state index < -0.39 is 10.0 Å². The molecule has 0 radical (unpaired) electrons. The lowest BCUT2D eigenvalue weighted by molar-refractivity contribution is -0.115. The van der Waals surface area contributed by atoms with Crippen molar-refractivity contribution in [3.63, 3.8) is 0 Å². The van der Waals surface area contributed by atoms with E-state index in [1.807, 2.05) is 0 Å². The van der Waals surface area contributed by atoms with Gasteiger partial charge in [-0.15, -0.1) is 0 Å². The molecule has 1 amide bonds. The Labute approximate surface area is 140 Å². The standard InChI is InChI=1S/C16H18N4O3S/c1-2-7-17-12-3-6-15(18-10-12)20-24(22,23)13-4-5-14-11(8-13)9-16(21)19-14/h3-6,8,10,17H,2,7,9H2,1H3,(H,18,20)(H,19,21). The Morgan fingerprint density at radius 1 is 1.25 bits per heavy atom. The Bertz CT molecular complexity index is 863. The molecule has 0 saturated heterocycles. The summed E-state index contributed by atoms with van der Waals surface area (Å²) in [7, 11) is -3.75. The Morgan fingerprint density at radius 3 is 2.79 bits per heavy atom. The molecule has 0 spiro atoms. The van der Waals surface area contributed by atoms with E-state index in [1.165, 1.54) is 12.1 Å². The average molecular weight is 346 g/mol. The lowest BCUT2D eigenvalue weighted by atomic mass is 10.2. The lowest BCUT2D eigenvalue weighted by Gasteiger charge is -2.10. The van der Waals surface area contributed by atoms with Crippen molar-refractivity contribution in [1.29, 1.82) is 0 Å². The van der Waals surface area contributed by atoms with Gasteiger partial charge in [0.2, 0.25) is 5.91 Å². The molecular weight excluding hydrogens is 328 g/mol. The number of anilines is 3. The zero-order chi connectivity index (χ0) is 17.2. The summed E-state index contributed by atoms with van der Waals surface area (Å²) < 4.78 is 27.4. The van der Waals surface area contributed by atoms with Crippen molar-refractivity contribution in [2.24, 2.45) is 0 Å². The number of benzene rings is 1. The Kier molecular flexibility index (Phi) is 4.39. The molecule has 0 aliphatic carbocycles. The number of nitrogens with zero attached hydrogens (tertiary/aromatic N) is 1. The van der Waals surface area contributed by atoms with Crippen molar-refractivity contribution < 1.29 is 13.2 Å². The van der Waals surface area contributed by atoms with Crippen LogP contribution < -0.4 is 15.4 Å². The van der Waals surface area contributed by atoms with E-state index in [9.17, 15) is 13.2 Å². The molecule has 1 aliphatic rings. The summed E-state index contributed by atoms with van der Waals surface area (Å²) >= 11 is 0. The monoisotopic (exact) mass is 346 g/mol. The van der Waals surface area contributed by atoms with Crippen LogP contribution in [-0.2, 0) is 21.2 Å². The zero-order valence-electron chi connectivity index (χ0n) is 13.2. The molecule has 7 nitrogen and oxygen atoms in total. The number of fused-ring (bicyclic) bond motifs is 1. The predicted molar refractivity (Wildman–Crippen MR) is 92.6 cm³/mol. The molecule has 0 saturated carbocycles. The van der Waals surface area contributed by atoms with E-state index in [0.717, 1.165) is 18.7 Å². The van der Waals surface area contributed by atoms with Crippen LogP contribution in [0.15, 0.2) is 41.4 Å². The molecule has 0 fully saturated rings. The number of hydrogen-bond acceptors (Lipinski definition) is 5. The highest BCUT2D eigenvalue weighted by molar-refractivity contribution is 7.92. The molecule has 1 aromatic carbocycles. The number of carbonyl (C=O) groups excluding carboxylic acids is 1. The molecule has 3 rings (SSSR count). The Morgan fingerprint density at radius 2 is 2.08 bits per heavy atom. The van der Waals surface area contributed by atoms with E-state index in [4.69, 9.17) is 0 Å². The third-order valence-corrected chi connectivity index (χ3v) is 4.95. The van der Waals surface area contributed by atoms with Crippen LogP contribution in [0.25, 0.3) is 0 Å². The topological polar surface area (TPSA) is 100 Å². The van der Waals surface area contributed by atoms with Gasteiger partial charge >= 0.3 is 0 Å². The summed E-state index contributed by atoms with van der Waals surface area (Å²) in [6.45, 7) is 2.89. The number of sulfonamides is 1. The molecule has 3 N–H and O–H groups in total. The number of pyridine rings is 1. The Balaban J connectivity index is 1.77. The second-order valence-electron chi connectivity index (χ2n) is 5.51. The van der Waals surface area contributed by atoms with Gasteiger partial charge in [-0.1, -0.05) is 6.92 Å². The summed E-state index contributed by atoms with van der Waals surface area (Å²) in [6.07, 6.45) is 2.76. The summed E-state index contributed by atoms with van der Waals surface area (Å²) in [4.78, 5) is 15.6. The average Bonchev–Trinajstić information content (AvgIpc) is 2.93. The minimum absolute atomic E-state index is 0.104. The van der Waals surface area contributed by atoms with Gasteiger partial charge in [0.15, 0.2) is 0 Å². The van der Waals surface area contributed by atoms with Crippen LogP contribution >= 0.6 is 0 Å². The molecule has 1 aromatic heterocycles. The van der Waals surface area contributed by atoms with Crippen molar-refractivity contribution in [2.75, 3.05) is 21.9 Å². The second-order valence-corrected chi connectivity index (χ2v) is 7.19. The SMILES string of the molecule is CCCNc1ccc(NS(=O)(=O)c2ccc3c(c2)CC(=O)N3)nc1. The van der Waals surface area contributed by atoms with Crippen LogP contribution in [0.2, 0.25) is 0 Å². The van der Waals surface area contributed by atoms with Gasteiger partial charge in [-0.05, 0) is 42.3 Å². The van der Waals surface area contributed by atoms with Crippen LogP contribution in [0.4, 0.5) is 17.2 Å². The van der Waals surface area contributed by atoms with Gasteiger partial charge in [0.1, 0.15) is 5.82 Å². The van der Waals surface area contributed by atoms with E-state index in [-0.39, 0.29) is 23.0 Å². The van der Waals surface area contributed by atoms with Crippen molar-refractivity contribution >= 4 is 33.1 Å². The molecule has 2 heterocycles. The number of nitrogens with one attached hydrogen (secondary N) is 3. The molecule has 8 heteroatoms. The van der Waals surface area contributed by atoms with Gasteiger partial charge in [-0.3, -0.25) is 9.52 Å². The maximum absolute atomic E-state index is 12.5. The summed E-state index contributed by atoms with van der Waals surface area (Å²) in [5, 5.41) is 5.85. The number of amides is 1.